The maximum Gasteiger partial charge on any atom is 0.0541 e. The second-order valence-electron chi connectivity index (χ2n) is 8.32. The Morgan fingerprint density at radius 2 is 1.27 bits per heavy atom. The lowest BCUT2D eigenvalue weighted by Gasteiger charge is -2.11. The molecule has 0 aliphatic carbocycles. The third kappa shape index (κ3) is 2.78. The standard InChI is InChI=1S/C30H18ClNS/c31-25-17-16-21(30-29(25)24-12-3-6-15-28(24)33-30)19-8-7-9-20(18-19)32-26-13-4-1-10-22(26)23-11-2-5-14-27(23)32/h1-18H. The van der Waals surface area contributed by atoms with Crippen LogP contribution >= 0.6 is 22.9 Å². The quantitative estimate of drug-likeness (QED) is 0.242. The van der Waals surface area contributed by atoms with Crippen LogP contribution in [-0.2, 0) is 0 Å². The molecule has 0 saturated heterocycles. The SMILES string of the molecule is Clc1ccc(-c2cccc(-n3c4ccccc4c4ccccc43)c2)c2sc3ccccc3c12. The number of hydrogen-bond acceptors (Lipinski definition) is 1. The van der Waals surface area contributed by atoms with Crippen LogP contribution in [0.15, 0.2) is 109 Å². The predicted octanol–water partition coefficient (Wildman–Crippen LogP) is 9.47. The van der Waals surface area contributed by atoms with Crippen molar-refractivity contribution in [2.24, 2.45) is 0 Å². The third-order valence-corrected chi connectivity index (χ3v) is 7.99. The Balaban J connectivity index is 1.51. The van der Waals surface area contributed by atoms with Gasteiger partial charge < -0.3 is 4.57 Å². The molecular weight excluding hydrogens is 442 g/mol. The smallest absolute Gasteiger partial charge is 0.0541 e. The molecule has 0 atom stereocenters. The van der Waals surface area contributed by atoms with Gasteiger partial charge in [0.05, 0.1) is 11.0 Å². The van der Waals surface area contributed by atoms with Crippen LogP contribution < -0.4 is 0 Å². The molecule has 0 radical (unpaired) electrons. The van der Waals surface area contributed by atoms with Crippen molar-refractivity contribution in [2.75, 3.05) is 0 Å². The van der Waals surface area contributed by atoms with Crippen LogP contribution in [0.25, 0.3) is 58.8 Å². The molecule has 7 aromatic rings. The molecule has 2 aromatic heterocycles. The zero-order valence-corrected chi connectivity index (χ0v) is 19.2. The molecule has 0 aliphatic rings. The number of hydrogen-bond donors (Lipinski definition) is 0. The molecule has 0 N–H and O–H groups in total. The molecule has 0 amide bonds. The van der Waals surface area contributed by atoms with E-state index in [0.29, 0.717) is 0 Å². The minimum Gasteiger partial charge on any atom is -0.309 e. The van der Waals surface area contributed by atoms with E-state index in [1.165, 1.54) is 47.7 Å². The molecule has 0 saturated carbocycles. The third-order valence-electron chi connectivity index (χ3n) is 6.47. The number of aromatic nitrogens is 1. The monoisotopic (exact) mass is 459 g/mol. The van der Waals surface area contributed by atoms with E-state index in [9.17, 15) is 0 Å². The summed E-state index contributed by atoms with van der Waals surface area (Å²) >= 11 is 8.50. The largest absolute Gasteiger partial charge is 0.309 e. The van der Waals surface area contributed by atoms with E-state index in [2.05, 4.69) is 108 Å². The molecular formula is C30H18ClNS. The van der Waals surface area contributed by atoms with Crippen LogP contribution in [0.4, 0.5) is 0 Å². The molecule has 0 bridgehead atoms. The lowest BCUT2D eigenvalue weighted by atomic mass is 10.0. The molecule has 0 fully saturated rings. The Hall–Kier alpha value is -3.59. The van der Waals surface area contributed by atoms with Gasteiger partial charge in [0.2, 0.25) is 0 Å². The summed E-state index contributed by atoms with van der Waals surface area (Å²) < 4.78 is 4.87. The van der Waals surface area contributed by atoms with Crippen LogP contribution in [0.3, 0.4) is 0 Å². The second-order valence-corrected chi connectivity index (χ2v) is 9.78. The fraction of sp³-hybridized carbons (Fsp3) is 0. The summed E-state index contributed by atoms with van der Waals surface area (Å²) in [5.41, 5.74) is 6.02. The Bertz CT molecular complexity index is 1790. The lowest BCUT2D eigenvalue weighted by molar-refractivity contribution is 1.18. The van der Waals surface area contributed by atoms with Gasteiger partial charge in [0, 0.05) is 41.7 Å². The summed E-state index contributed by atoms with van der Waals surface area (Å²) in [7, 11) is 0. The van der Waals surface area contributed by atoms with E-state index < -0.39 is 0 Å². The number of nitrogens with zero attached hydrogens (tertiary/aromatic N) is 1. The van der Waals surface area contributed by atoms with E-state index in [0.717, 1.165) is 16.1 Å². The van der Waals surface area contributed by atoms with Crippen molar-refractivity contribution in [3.8, 4) is 16.8 Å². The molecule has 1 nitrogen and oxygen atoms in total. The van der Waals surface area contributed by atoms with Crippen molar-refractivity contribution < 1.29 is 0 Å². The van der Waals surface area contributed by atoms with Gasteiger partial charge in [-0.3, -0.25) is 0 Å². The number of thiophene rings is 1. The van der Waals surface area contributed by atoms with E-state index >= 15 is 0 Å². The van der Waals surface area contributed by atoms with Crippen molar-refractivity contribution in [1.29, 1.82) is 0 Å². The summed E-state index contributed by atoms with van der Waals surface area (Å²) in [5.74, 6) is 0. The topological polar surface area (TPSA) is 4.93 Å². The molecule has 0 unspecified atom stereocenters. The summed E-state index contributed by atoms with van der Waals surface area (Å²) in [6.45, 7) is 0. The lowest BCUT2D eigenvalue weighted by Crippen LogP contribution is -1.94. The molecule has 0 spiro atoms. The van der Waals surface area contributed by atoms with Gasteiger partial charge in [-0.25, -0.2) is 0 Å². The summed E-state index contributed by atoms with van der Waals surface area (Å²) in [6, 6.07) is 38.8. The van der Waals surface area contributed by atoms with E-state index in [-0.39, 0.29) is 0 Å². The minimum absolute atomic E-state index is 0.810. The maximum absolute atomic E-state index is 6.68. The number of para-hydroxylation sites is 2. The van der Waals surface area contributed by atoms with Crippen molar-refractivity contribution in [1.82, 2.24) is 4.57 Å². The zero-order valence-electron chi connectivity index (χ0n) is 17.6. The van der Waals surface area contributed by atoms with E-state index in [1.54, 1.807) is 0 Å². The van der Waals surface area contributed by atoms with Crippen LogP contribution in [0.5, 0.6) is 0 Å². The van der Waals surface area contributed by atoms with Gasteiger partial charge in [0.25, 0.3) is 0 Å². The van der Waals surface area contributed by atoms with Crippen LogP contribution in [-0.4, -0.2) is 4.57 Å². The Morgan fingerprint density at radius 3 is 2.03 bits per heavy atom. The molecule has 2 heterocycles. The average molecular weight is 460 g/mol. The van der Waals surface area contributed by atoms with Gasteiger partial charge >= 0.3 is 0 Å². The molecule has 5 aromatic carbocycles. The number of fused-ring (bicyclic) bond motifs is 6. The van der Waals surface area contributed by atoms with Gasteiger partial charge in [-0.1, -0.05) is 84.4 Å². The van der Waals surface area contributed by atoms with Crippen LogP contribution in [0.1, 0.15) is 0 Å². The first-order valence-electron chi connectivity index (χ1n) is 11.0. The molecule has 7 rings (SSSR count). The van der Waals surface area contributed by atoms with Crippen LogP contribution in [0, 0.1) is 0 Å². The van der Waals surface area contributed by atoms with Gasteiger partial charge in [0.1, 0.15) is 0 Å². The predicted molar refractivity (Wildman–Crippen MR) is 144 cm³/mol. The highest BCUT2D eigenvalue weighted by molar-refractivity contribution is 7.26. The number of benzene rings is 5. The normalized spacial score (nSPS) is 11.8. The molecule has 0 aliphatic heterocycles. The highest BCUT2D eigenvalue weighted by Gasteiger charge is 2.15. The summed E-state index contributed by atoms with van der Waals surface area (Å²) in [5, 5.41) is 5.73. The Labute approximate surface area is 200 Å². The fourth-order valence-corrected chi connectivity index (χ4v) is 6.61. The van der Waals surface area contributed by atoms with E-state index in [4.69, 9.17) is 11.6 Å². The highest BCUT2D eigenvalue weighted by Crippen LogP contribution is 2.43. The maximum atomic E-state index is 6.68. The number of halogens is 1. The van der Waals surface area contributed by atoms with Crippen molar-refractivity contribution in [3.63, 3.8) is 0 Å². The highest BCUT2D eigenvalue weighted by atomic mass is 35.5. The fourth-order valence-electron chi connectivity index (χ4n) is 5.03. The van der Waals surface area contributed by atoms with Crippen molar-refractivity contribution >= 4 is 64.9 Å². The van der Waals surface area contributed by atoms with Crippen LogP contribution in [0.2, 0.25) is 5.02 Å². The van der Waals surface area contributed by atoms with Gasteiger partial charge in [-0.2, -0.15) is 0 Å². The van der Waals surface area contributed by atoms with Crippen molar-refractivity contribution in [3.05, 3.63) is 114 Å². The number of rotatable bonds is 2. The first-order chi connectivity index (χ1) is 16.3. The second kappa shape index (κ2) is 7.21. The molecule has 33 heavy (non-hydrogen) atoms. The van der Waals surface area contributed by atoms with Gasteiger partial charge in [0.15, 0.2) is 0 Å². The molecule has 156 valence electrons. The zero-order chi connectivity index (χ0) is 21.9. The van der Waals surface area contributed by atoms with E-state index in [1.807, 2.05) is 17.4 Å². The first-order valence-corrected chi connectivity index (χ1v) is 12.2. The summed E-state index contributed by atoms with van der Waals surface area (Å²) in [6.07, 6.45) is 0. The van der Waals surface area contributed by atoms with Crippen molar-refractivity contribution in [2.45, 2.75) is 0 Å². The van der Waals surface area contributed by atoms with Gasteiger partial charge in [-0.15, -0.1) is 11.3 Å². The average Bonchev–Trinajstić information content (AvgIpc) is 3.41. The Kier molecular flexibility index (Phi) is 4.14. The van der Waals surface area contributed by atoms with Gasteiger partial charge in [-0.05, 0) is 47.5 Å². The first kappa shape index (κ1) is 18.9. The Morgan fingerprint density at radius 1 is 0.606 bits per heavy atom. The minimum atomic E-state index is 0.810. The summed E-state index contributed by atoms with van der Waals surface area (Å²) in [4.78, 5) is 0. The molecule has 3 heteroatoms.